The van der Waals surface area contributed by atoms with Gasteiger partial charge in [-0.1, -0.05) is 22.0 Å². The molecule has 3 aliphatic rings. The molecular formula is C23H22BrN2O4+. The molecule has 3 fully saturated rings. The number of nitrogens with one attached hydrogen (secondary N) is 1. The third-order valence-corrected chi connectivity index (χ3v) is 7.26. The average molecular weight is 470 g/mol. The Bertz CT molecular complexity index is 1040. The van der Waals surface area contributed by atoms with E-state index < -0.39 is 17.9 Å². The lowest BCUT2D eigenvalue weighted by atomic mass is 9.85. The van der Waals surface area contributed by atoms with E-state index in [-0.39, 0.29) is 23.6 Å². The molecule has 0 aromatic heterocycles. The minimum absolute atomic E-state index is 0.0239. The lowest BCUT2D eigenvalue weighted by Crippen LogP contribution is -3.16. The summed E-state index contributed by atoms with van der Waals surface area (Å²) in [6.45, 7) is 0.821. The summed E-state index contributed by atoms with van der Waals surface area (Å²) in [4.78, 5) is 42.8. The van der Waals surface area contributed by atoms with E-state index in [9.17, 15) is 14.4 Å². The van der Waals surface area contributed by atoms with E-state index in [1.807, 2.05) is 6.07 Å². The number of benzene rings is 2. The second kappa shape index (κ2) is 7.32. The standard InChI is InChI=1S/C23H21BrN2O4/c1-30-16-9-7-13(8-10-16)21(27)20-19-18(17-6-3-11-25(17)20)22(28)26(23(19)29)15-5-2-4-14(24)12-15/h2,4-5,7-10,12,17-20H,3,6,11H2,1H3/p+1/t17-,18-,19-,20-/m1/s1. The van der Waals surface area contributed by atoms with E-state index in [1.165, 1.54) is 4.90 Å². The second-order valence-electron chi connectivity index (χ2n) is 8.19. The molecule has 1 N–H and O–H groups in total. The first-order chi connectivity index (χ1) is 14.5. The number of anilines is 1. The number of nitrogens with zero attached hydrogens (tertiary/aromatic N) is 1. The number of carbonyl (C=O) groups excluding carboxylic acids is 3. The zero-order valence-electron chi connectivity index (χ0n) is 16.5. The molecule has 1 unspecified atom stereocenters. The van der Waals surface area contributed by atoms with Crippen molar-refractivity contribution in [3.63, 3.8) is 0 Å². The van der Waals surface area contributed by atoms with Crippen molar-refractivity contribution in [3.8, 4) is 5.75 Å². The van der Waals surface area contributed by atoms with Crippen LogP contribution in [0.2, 0.25) is 0 Å². The Morgan fingerprint density at radius 2 is 1.83 bits per heavy atom. The van der Waals surface area contributed by atoms with Crippen molar-refractivity contribution in [2.75, 3.05) is 18.6 Å². The van der Waals surface area contributed by atoms with Gasteiger partial charge in [0.05, 0.1) is 19.3 Å². The summed E-state index contributed by atoms with van der Waals surface area (Å²) in [6, 6.07) is 13.7. The lowest BCUT2D eigenvalue weighted by Gasteiger charge is -2.25. The number of fused-ring (bicyclic) bond motifs is 3. The highest BCUT2D eigenvalue weighted by molar-refractivity contribution is 9.10. The van der Waals surface area contributed by atoms with Crippen LogP contribution in [-0.2, 0) is 9.59 Å². The molecule has 2 aromatic carbocycles. The van der Waals surface area contributed by atoms with E-state index in [4.69, 9.17) is 4.74 Å². The van der Waals surface area contributed by atoms with E-state index in [1.54, 1.807) is 49.6 Å². The third kappa shape index (κ3) is 2.83. The number of ether oxygens (including phenoxy) is 1. The van der Waals surface area contributed by atoms with Gasteiger partial charge in [0, 0.05) is 22.9 Å². The SMILES string of the molecule is COc1ccc(C(=O)[C@H]2[C@@H]3C(=O)N(c4cccc(Br)c4)C(=O)[C@@H]3[C@H]3CCC[NH+]32)cc1. The summed E-state index contributed by atoms with van der Waals surface area (Å²) in [7, 11) is 1.58. The van der Waals surface area contributed by atoms with Gasteiger partial charge in [0.1, 0.15) is 23.6 Å². The summed E-state index contributed by atoms with van der Waals surface area (Å²) in [6.07, 6.45) is 1.84. The number of imide groups is 1. The predicted molar refractivity (Wildman–Crippen MR) is 114 cm³/mol. The largest absolute Gasteiger partial charge is 0.497 e. The van der Waals surface area contributed by atoms with Crippen molar-refractivity contribution in [1.82, 2.24) is 0 Å². The first-order valence-electron chi connectivity index (χ1n) is 10.2. The molecule has 0 bridgehead atoms. The minimum Gasteiger partial charge on any atom is -0.497 e. The van der Waals surface area contributed by atoms with Crippen molar-refractivity contribution in [1.29, 1.82) is 0 Å². The van der Waals surface area contributed by atoms with Crippen LogP contribution < -0.4 is 14.5 Å². The van der Waals surface area contributed by atoms with Gasteiger partial charge in [-0.2, -0.15) is 0 Å². The Labute approximate surface area is 182 Å². The summed E-state index contributed by atoms with van der Waals surface area (Å²) < 4.78 is 5.99. The van der Waals surface area contributed by atoms with Crippen molar-refractivity contribution in [3.05, 3.63) is 58.6 Å². The molecule has 2 aromatic rings. The van der Waals surface area contributed by atoms with Crippen LogP contribution >= 0.6 is 15.9 Å². The van der Waals surface area contributed by atoms with E-state index in [0.29, 0.717) is 17.0 Å². The molecule has 6 nitrogen and oxygen atoms in total. The van der Waals surface area contributed by atoms with Crippen molar-refractivity contribution in [2.24, 2.45) is 11.8 Å². The van der Waals surface area contributed by atoms with Crippen LogP contribution in [0.3, 0.4) is 0 Å². The quantitative estimate of drug-likeness (QED) is 0.548. The van der Waals surface area contributed by atoms with Crippen LogP contribution in [0, 0.1) is 11.8 Å². The molecule has 0 spiro atoms. The van der Waals surface area contributed by atoms with Gasteiger partial charge in [0.25, 0.3) is 0 Å². The number of Topliss-reactive ketones (excluding diaryl/α,β-unsaturated/α-hetero) is 1. The highest BCUT2D eigenvalue weighted by atomic mass is 79.9. The summed E-state index contributed by atoms with van der Waals surface area (Å²) in [5, 5.41) is 0. The molecular weight excluding hydrogens is 448 g/mol. The molecule has 3 heterocycles. The monoisotopic (exact) mass is 469 g/mol. The normalized spacial score (nSPS) is 29.8. The Balaban J connectivity index is 1.53. The number of carbonyl (C=O) groups is 3. The summed E-state index contributed by atoms with van der Waals surface area (Å²) in [5.74, 6) is -0.846. The molecule has 30 heavy (non-hydrogen) atoms. The Hall–Kier alpha value is -2.51. The van der Waals surface area contributed by atoms with Crippen molar-refractivity contribution in [2.45, 2.75) is 24.9 Å². The number of methoxy groups -OCH3 is 1. The molecule has 0 saturated carbocycles. The Morgan fingerprint density at radius 3 is 2.53 bits per heavy atom. The van der Waals surface area contributed by atoms with Crippen LogP contribution in [0.25, 0.3) is 0 Å². The molecule has 3 saturated heterocycles. The van der Waals surface area contributed by atoms with Gasteiger partial charge in [-0.15, -0.1) is 0 Å². The van der Waals surface area contributed by atoms with Gasteiger partial charge < -0.3 is 9.64 Å². The molecule has 0 radical (unpaired) electrons. The maximum Gasteiger partial charge on any atom is 0.244 e. The van der Waals surface area contributed by atoms with E-state index >= 15 is 0 Å². The van der Waals surface area contributed by atoms with Crippen molar-refractivity contribution >= 4 is 39.2 Å². The third-order valence-electron chi connectivity index (χ3n) is 6.77. The Morgan fingerprint density at radius 1 is 1.10 bits per heavy atom. The molecule has 154 valence electrons. The topological polar surface area (TPSA) is 68.1 Å². The van der Waals surface area contributed by atoms with E-state index in [2.05, 4.69) is 15.9 Å². The van der Waals surface area contributed by atoms with Gasteiger partial charge in [0.2, 0.25) is 17.6 Å². The highest BCUT2D eigenvalue weighted by Gasteiger charge is 2.68. The van der Waals surface area contributed by atoms with E-state index in [0.717, 1.165) is 28.8 Å². The summed E-state index contributed by atoms with van der Waals surface area (Å²) in [5.41, 5.74) is 1.12. The fourth-order valence-electron chi connectivity index (χ4n) is 5.55. The minimum atomic E-state index is -0.605. The maximum atomic E-state index is 13.5. The molecule has 5 rings (SSSR count). The molecule has 7 heteroatoms. The molecule has 5 atom stereocenters. The predicted octanol–water partition coefficient (Wildman–Crippen LogP) is 1.88. The first-order valence-corrected chi connectivity index (χ1v) is 11.0. The van der Waals surface area contributed by atoms with Crippen LogP contribution in [0.5, 0.6) is 5.75 Å². The smallest absolute Gasteiger partial charge is 0.244 e. The number of halogens is 1. The van der Waals surface area contributed by atoms with Crippen LogP contribution in [-0.4, -0.2) is 43.3 Å². The van der Waals surface area contributed by atoms with Gasteiger partial charge in [-0.3, -0.25) is 14.4 Å². The maximum absolute atomic E-state index is 13.5. The van der Waals surface area contributed by atoms with Gasteiger partial charge in [-0.25, -0.2) is 4.90 Å². The number of hydrogen-bond donors (Lipinski definition) is 1. The van der Waals surface area contributed by atoms with Crippen LogP contribution in [0.1, 0.15) is 23.2 Å². The molecule has 3 aliphatic heterocycles. The highest BCUT2D eigenvalue weighted by Crippen LogP contribution is 2.40. The zero-order chi connectivity index (χ0) is 21.0. The van der Waals surface area contributed by atoms with Gasteiger partial charge in [0.15, 0.2) is 6.04 Å². The number of quaternary nitrogens is 1. The van der Waals surface area contributed by atoms with Crippen molar-refractivity contribution < 1.29 is 24.0 Å². The number of ketones is 1. The van der Waals surface area contributed by atoms with Gasteiger partial charge >= 0.3 is 0 Å². The fraction of sp³-hybridized carbons (Fsp3) is 0.348. The lowest BCUT2D eigenvalue weighted by molar-refractivity contribution is -0.915. The van der Waals surface area contributed by atoms with Crippen LogP contribution in [0.15, 0.2) is 53.0 Å². The fourth-order valence-corrected chi connectivity index (χ4v) is 5.93. The second-order valence-corrected chi connectivity index (χ2v) is 9.10. The molecule has 2 amide bonds. The molecule has 0 aliphatic carbocycles. The summed E-state index contributed by atoms with van der Waals surface area (Å²) >= 11 is 3.42. The first kappa shape index (κ1) is 19.5. The van der Waals surface area contributed by atoms with Gasteiger partial charge in [-0.05, 0) is 42.5 Å². The Kier molecular flexibility index (Phi) is 4.75. The number of amides is 2. The number of rotatable bonds is 4. The average Bonchev–Trinajstić information content (AvgIpc) is 3.39. The van der Waals surface area contributed by atoms with Crippen LogP contribution in [0.4, 0.5) is 5.69 Å². The number of hydrogen-bond acceptors (Lipinski definition) is 4. The zero-order valence-corrected chi connectivity index (χ0v) is 18.1.